The maximum atomic E-state index is 3.57. The third kappa shape index (κ3) is 2.69. The topological polar surface area (TPSA) is 12.0 Å². The molecular formula is C9H13BrClNS. The first-order chi connectivity index (χ1) is 5.88. The van der Waals surface area contributed by atoms with Gasteiger partial charge < -0.3 is 5.32 Å². The normalized spacial score (nSPS) is 22.4. The van der Waals surface area contributed by atoms with Crippen molar-refractivity contribution in [1.29, 1.82) is 0 Å². The SMILES string of the molecule is Brc1ccsc1[C@@H]1CCCCN1.Cl. The molecule has 4 heteroatoms. The highest BCUT2D eigenvalue weighted by molar-refractivity contribution is 9.10. The van der Waals surface area contributed by atoms with Crippen LogP contribution in [0.15, 0.2) is 15.9 Å². The lowest BCUT2D eigenvalue weighted by Gasteiger charge is -2.22. The molecule has 0 unspecified atom stereocenters. The Bertz CT molecular complexity index is 258. The van der Waals surface area contributed by atoms with E-state index in [1.807, 2.05) is 11.3 Å². The van der Waals surface area contributed by atoms with E-state index in [0.717, 1.165) is 0 Å². The van der Waals surface area contributed by atoms with E-state index in [4.69, 9.17) is 0 Å². The summed E-state index contributed by atoms with van der Waals surface area (Å²) < 4.78 is 1.27. The molecule has 1 nitrogen and oxygen atoms in total. The first kappa shape index (κ1) is 11.5. The molecule has 1 aliphatic heterocycles. The van der Waals surface area contributed by atoms with E-state index in [1.54, 1.807) is 0 Å². The minimum absolute atomic E-state index is 0. The standard InChI is InChI=1S/C9H12BrNS.ClH/c10-7-4-6-12-9(7)8-3-1-2-5-11-8;/h4,6,8,11H,1-3,5H2;1H/t8-;/m0./s1. The monoisotopic (exact) mass is 281 g/mol. The first-order valence-corrected chi connectivity index (χ1v) is 6.01. The quantitative estimate of drug-likeness (QED) is 0.827. The van der Waals surface area contributed by atoms with Crippen LogP contribution in [0.1, 0.15) is 30.2 Å². The van der Waals surface area contributed by atoms with Crippen LogP contribution in [0.2, 0.25) is 0 Å². The van der Waals surface area contributed by atoms with Gasteiger partial charge >= 0.3 is 0 Å². The highest BCUT2D eigenvalue weighted by atomic mass is 79.9. The van der Waals surface area contributed by atoms with Gasteiger partial charge in [-0.15, -0.1) is 23.7 Å². The van der Waals surface area contributed by atoms with Gasteiger partial charge in [-0.25, -0.2) is 0 Å². The second-order valence-electron chi connectivity index (χ2n) is 3.14. The van der Waals surface area contributed by atoms with E-state index in [2.05, 4.69) is 32.7 Å². The molecule has 0 saturated carbocycles. The van der Waals surface area contributed by atoms with Crippen molar-refractivity contribution in [3.05, 3.63) is 20.8 Å². The zero-order chi connectivity index (χ0) is 8.39. The van der Waals surface area contributed by atoms with Crippen molar-refractivity contribution in [2.24, 2.45) is 0 Å². The van der Waals surface area contributed by atoms with Crippen LogP contribution < -0.4 is 5.32 Å². The Balaban J connectivity index is 0.000000845. The average Bonchev–Trinajstić information content (AvgIpc) is 2.53. The molecular weight excluding hydrogens is 270 g/mol. The largest absolute Gasteiger partial charge is 0.309 e. The van der Waals surface area contributed by atoms with Crippen molar-refractivity contribution in [3.8, 4) is 0 Å². The van der Waals surface area contributed by atoms with Gasteiger partial charge in [-0.3, -0.25) is 0 Å². The van der Waals surface area contributed by atoms with Gasteiger partial charge in [0.25, 0.3) is 0 Å². The number of hydrogen-bond donors (Lipinski definition) is 1. The lowest BCUT2D eigenvalue weighted by Crippen LogP contribution is -2.26. The second kappa shape index (κ2) is 5.35. The van der Waals surface area contributed by atoms with E-state index in [0.29, 0.717) is 6.04 Å². The summed E-state index contributed by atoms with van der Waals surface area (Å²) in [6.07, 6.45) is 3.99. The van der Waals surface area contributed by atoms with Crippen molar-refractivity contribution >= 4 is 39.7 Å². The van der Waals surface area contributed by atoms with E-state index >= 15 is 0 Å². The van der Waals surface area contributed by atoms with Crippen LogP contribution in [0.5, 0.6) is 0 Å². The van der Waals surface area contributed by atoms with Gasteiger partial charge in [-0.2, -0.15) is 0 Å². The number of piperidine rings is 1. The smallest absolute Gasteiger partial charge is 0.0426 e. The highest BCUT2D eigenvalue weighted by Crippen LogP contribution is 2.33. The predicted octanol–water partition coefficient (Wildman–Crippen LogP) is 3.75. The van der Waals surface area contributed by atoms with Crippen LogP contribution in [0.25, 0.3) is 0 Å². The van der Waals surface area contributed by atoms with Crippen LogP contribution in [-0.2, 0) is 0 Å². The summed E-state index contributed by atoms with van der Waals surface area (Å²) in [7, 11) is 0. The Morgan fingerprint density at radius 2 is 2.31 bits per heavy atom. The van der Waals surface area contributed by atoms with Crippen LogP contribution in [0.4, 0.5) is 0 Å². The third-order valence-electron chi connectivity index (χ3n) is 2.27. The molecule has 0 radical (unpaired) electrons. The minimum atomic E-state index is 0. The number of halogens is 2. The predicted molar refractivity (Wildman–Crippen MR) is 63.9 cm³/mol. The molecule has 1 N–H and O–H groups in total. The Morgan fingerprint density at radius 3 is 2.85 bits per heavy atom. The van der Waals surface area contributed by atoms with Gasteiger partial charge in [0.05, 0.1) is 0 Å². The van der Waals surface area contributed by atoms with Crippen molar-refractivity contribution < 1.29 is 0 Å². The van der Waals surface area contributed by atoms with E-state index in [-0.39, 0.29) is 12.4 Å². The minimum Gasteiger partial charge on any atom is -0.309 e. The summed E-state index contributed by atoms with van der Waals surface area (Å²) in [6.45, 7) is 1.18. The van der Waals surface area contributed by atoms with Gasteiger partial charge in [0.1, 0.15) is 0 Å². The first-order valence-electron chi connectivity index (χ1n) is 4.34. The summed E-state index contributed by atoms with van der Waals surface area (Å²) >= 11 is 5.42. The number of thiophene rings is 1. The number of rotatable bonds is 1. The molecule has 1 aromatic rings. The average molecular weight is 283 g/mol. The van der Waals surface area contributed by atoms with Crippen molar-refractivity contribution in [2.45, 2.75) is 25.3 Å². The highest BCUT2D eigenvalue weighted by Gasteiger charge is 2.17. The Morgan fingerprint density at radius 1 is 1.46 bits per heavy atom. The molecule has 0 amide bonds. The van der Waals surface area contributed by atoms with Crippen molar-refractivity contribution in [2.75, 3.05) is 6.54 Å². The van der Waals surface area contributed by atoms with E-state index < -0.39 is 0 Å². The molecule has 1 aliphatic rings. The summed E-state index contributed by atoms with van der Waals surface area (Å²) in [5.41, 5.74) is 0. The van der Waals surface area contributed by atoms with Gasteiger partial charge in [0.2, 0.25) is 0 Å². The van der Waals surface area contributed by atoms with Gasteiger partial charge in [-0.05, 0) is 46.8 Å². The van der Waals surface area contributed by atoms with Gasteiger partial charge in [-0.1, -0.05) is 6.42 Å². The molecule has 0 spiro atoms. The lowest BCUT2D eigenvalue weighted by atomic mass is 10.0. The lowest BCUT2D eigenvalue weighted by molar-refractivity contribution is 0.416. The molecule has 0 aromatic carbocycles. The van der Waals surface area contributed by atoms with Crippen LogP contribution in [-0.4, -0.2) is 6.54 Å². The van der Waals surface area contributed by atoms with Crippen LogP contribution in [0.3, 0.4) is 0 Å². The Hall–Kier alpha value is 0.430. The molecule has 74 valence electrons. The summed E-state index contributed by atoms with van der Waals surface area (Å²) in [5, 5.41) is 5.69. The second-order valence-corrected chi connectivity index (χ2v) is 4.94. The molecule has 1 atom stereocenters. The number of hydrogen-bond acceptors (Lipinski definition) is 2. The Labute approximate surface area is 97.5 Å². The molecule has 1 fully saturated rings. The summed E-state index contributed by atoms with van der Waals surface area (Å²) in [4.78, 5) is 1.47. The van der Waals surface area contributed by atoms with E-state index in [1.165, 1.54) is 35.2 Å². The maximum Gasteiger partial charge on any atom is 0.0426 e. The molecule has 0 aliphatic carbocycles. The zero-order valence-corrected chi connectivity index (χ0v) is 10.5. The van der Waals surface area contributed by atoms with E-state index in [9.17, 15) is 0 Å². The fourth-order valence-electron chi connectivity index (χ4n) is 1.63. The maximum absolute atomic E-state index is 3.57. The van der Waals surface area contributed by atoms with Crippen molar-refractivity contribution in [1.82, 2.24) is 5.32 Å². The molecule has 2 heterocycles. The van der Waals surface area contributed by atoms with Gasteiger partial charge in [0, 0.05) is 15.4 Å². The zero-order valence-electron chi connectivity index (χ0n) is 7.25. The van der Waals surface area contributed by atoms with Gasteiger partial charge in [0.15, 0.2) is 0 Å². The number of nitrogens with one attached hydrogen (secondary N) is 1. The third-order valence-corrected chi connectivity index (χ3v) is 4.26. The van der Waals surface area contributed by atoms with Crippen LogP contribution >= 0.6 is 39.7 Å². The fourth-order valence-corrected chi connectivity index (χ4v) is 3.39. The van der Waals surface area contributed by atoms with Crippen LogP contribution in [0, 0.1) is 0 Å². The fraction of sp³-hybridized carbons (Fsp3) is 0.556. The summed E-state index contributed by atoms with van der Waals surface area (Å²) in [6, 6.07) is 2.74. The molecule has 1 aromatic heterocycles. The molecule has 0 bridgehead atoms. The van der Waals surface area contributed by atoms with Crippen molar-refractivity contribution in [3.63, 3.8) is 0 Å². The molecule has 13 heavy (non-hydrogen) atoms. The summed E-state index contributed by atoms with van der Waals surface area (Å²) in [5.74, 6) is 0. The molecule has 2 rings (SSSR count). The molecule has 1 saturated heterocycles. The Kier molecular flexibility index (Phi) is 4.73.